The van der Waals surface area contributed by atoms with Gasteiger partial charge in [-0.15, -0.1) is 0 Å². The molecule has 1 heterocycles. The summed E-state index contributed by atoms with van der Waals surface area (Å²) in [6.07, 6.45) is -2.28. The molecule has 2 aromatic carbocycles. The molecule has 2 aliphatic rings. The fraction of sp³-hybridized carbons (Fsp3) is 0.562. The van der Waals surface area contributed by atoms with Crippen molar-refractivity contribution < 1.29 is 31.2 Å². The van der Waals surface area contributed by atoms with Gasteiger partial charge in [0.05, 0.1) is 16.2 Å². The van der Waals surface area contributed by atoms with Crippen LogP contribution in [0.25, 0.3) is 0 Å². The molecule has 11 heteroatoms. The number of halogens is 3. The molecule has 0 spiro atoms. The second-order valence-corrected chi connectivity index (χ2v) is 14.5. The average Bonchev–Trinajstić information content (AvgIpc) is 3.31. The first kappa shape index (κ1) is 33.0. The third-order valence-electron chi connectivity index (χ3n) is 9.04. The number of carbonyl (C=O) groups is 2. The number of amides is 2. The van der Waals surface area contributed by atoms with Gasteiger partial charge in [0.25, 0.3) is 5.91 Å². The Bertz CT molecular complexity index is 1410. The van der Waals surface area contributed by atoms with E-state index in [9.17, 15) is 31.2 Å². The van der Waals surface area contributed by atoms with E-state index >= 15 is 0 Å². The van der Waals surface area contributed by atoms with Crippen LogP contribution in [0.4, 0.5) is 13.2 Å². The van der Waals surface area contributed by atoms with E-state index in [4.69, 9.17) is 0 Å². The van der Waals surface area contributed by atoms with E-state index in [0.29, 0.717) is 25.8 Å². The highest BCUT2D eigenvalue weighted by Crippen LogP contribution is 2.36. The minimum atomic E-state index is -4.59. The molecule has 2 fully saturated rings. The monoisotopic (exact) mass is 621 g/mol. The van der Waals surface area contributed by atoms with E-state index in [1.54, 1.807) is 17.0 Å². The Morgan fingerprint density at radius 2 is 1.72 bits per heavy atom. The number of hydrogen-bond acceptors (Lipinski definition) is 5. The molecule has 7 nitrogen and oxygen atoms in total. The highest BCUT2D eigenvalue weighted by atomic mass is 32.2. The predicted molar refractivity (Wildman–Crippen MR) is 159 cm³/mol. The lowest BCUT2D eigenvalue weighted by molar-refractivity contribution is -0.137. The van der Waals surface area contributed by atoms with Gasteiger partial charge in [-0.3, -0.25) is 9.59 Å². The fourth-order valence-electron chi connectivity index (χ4n) is 6.29. The molecular formula is C32H42F3N3O4S. The molecule has 1 aliphatic heterocycles. The molecule has 1 N–H and O–H groups in total. The number of sulfone groups is 1. The quantitative estimate of drug-likeness (QED) is 0.399. The van der Waals surface area contributed by atoms with Crippen molar-refractivity contribution >= 4 is 21.7 Å². The van der Waals surface area contributed by atoms with Crippen molar-refractivity contribution in [3.05, 3.63) is 65.2 Å². The second-order valence-electron chi connectivity index (χ2n) is 12.5. The predicted octanol–water partition coefficient (Wildman–Crippen LogP) is 5.51. The summed E-state index contributed by atoms with van der Waals surface area (Å²) in [6, 6.07) is 10.3. The van der Waals surface area contributed by atoms with Crippen LogP contribution in [0.3, 0.4) is 0 Å². The van der Waals surface area contributed by atoms with Crippen LogP contribution in [0.15, 0.2) is 53.4 Å². The summed E-state index contributed by atoms with van der Waals surface area (Å²) in [6.45, 7) is 8.61. The third-order valence-corrected chi connectivity index (χ3v) is 10.9. The van der Waals surface area contributed by atoms with Crippen LogP contribution in [0, 0.1) is 5.92 Å². The molecule has 0 bridgehead atoms. The number of alkyl halides is 3. The first-order valence-electron chi connectivity index (χ1n) is 14.9. The van der Waals surface area contributed by atoms with Gasteiger partial charge in [0.2, 0.25) is 5.91 Å². The zero-order valence-corrected chi connectivity index (χ0v) is 26.2. The Labute approximate surface area is 252 Å². The summed E-state index contributed by atoms with van der Waals surface area (Å²) < 4.78 is 66.7. The summed E-state index contributed by atoms with van der Waals surface area (Å²) in [7, 11) is -1.62. The maximum absolute atomic E-state index is 13.6. The molecule has 236 valence electrons. The van der Waals surface area contributed by atoms with Gasteiger partial charge in [-0.05, 0) is 94.3 Å². The maximum atomic E-state index is 13.6. The summed E-state index contributed by atoms with van der Waals surface area (Å²) in [5.41, 5.74) is -0.0645. The molecule has 1 unspecified atom stereocenters. The molecule has 2 aromatic rings. The smallest absolute Gasteiger partial charge is 0.340 e. The third kappa shape index (κ3) is 7.60. The van der Waals surface area contributed by atoms with E-state index in [1.165, 1.54) is 6.07 Å². The molecule has 0 radical (unpaired) electrons. The van der Waals surface area contributed by atoms with Gasteiger partial charge in [0.1, 0.15) is 6.04 Å². The maximum Gasteiger partial charge on any atom is 0.416 e. The van der Waals surface area contributed by atoms with Crippen LogP contribution in [0.5, 0.6) is 0 Å². The van der Waals surface area contributed by atoms with Crippen LogP contribution >= 0.6 is 0 Å². The molecular weight excluding hydrogens is 579 g/mol. The molecule has 4 atom stereocenters. The summed E-state index contributed by atoms with van der Waals surface area (Å²) in [5.74, 6) is -1.24. The van der Waals surface area contributed by atoms with Crippen molar-refractivity contribution in [1.29, 1.82) is 0 Å². The lowest BCUT2D eigenvalue weighted by Crippen LogP contribution is -2.53. The number of rotatable bonds is 9. The standard InChI is InChI=1S/C32H42F3N3O4S/c1-20(2)22-9-12-27(13-10-22)43(41,42)19-24-18-26(37(5)21(3)4)11-14-29(24)38-16-15-28(31(38)40)36-30(39)23-7-6-8-25(17-23)32(33,34)35/h6-10,12-13,17,20-21,24,26,28-29H,11,14-16,18-19H2,1-5H3,(H,36,39)/t24-,26+,28?,29-/m0/s1. The Morgan fingerprint density at radius 1 is 1.05 bits per heavy atom. The SMILES string of the molecule is CC(C)c1ccc(S(=O)(=O)C[C@@H]2C[C@H](N(C)C(C)C)CC[C@@H]2N2CCC(NC(=O)c3cccc(C(F)(F)F)c3)C2=O)cc1. The first-order chi connectivity index (χ1) is 20.1. The average molecular weight is 622 g/mol. The Kier molecular flexibility index (Phi) is 9.95. The van der Waals surface area contributed by atoms with Crippen LogP contribution < -0.4 is 5.32 Å². The number of nitrogens with zero attached hydrogens (tertiary/aromatic N) is 2. The number of benzene rings is 2. The van der Waals surface area contributed by atoms with Gasteiger partial charge < -0.3 is 15.1 Å². The van der Waals surface area contributed by atoms with E-state index in [-0.39, 0.29) is 52.1 Å². The minimum Gasteiger partial charge on any atom is -0.340 e. The summed E-state index contributed by atoms with van der Waals surface area (Å²) in [4.78, 5) is 30.6. The Hall–Kier alpha value is -2.92. The van der Waals surface area contributed by atoms with Gasteiger partial charge in [-0.2, -0.15) is 13.2 Å². The molecule has 43 heavy (non-hydrogen) atoms. The Balaban J connectivity index is 1.52. The molecule has 2 amide bonds. The van der Waals surface area contributed by atoms with E-state index in [0.717, 1.165) is 30.2 Å². The van der Waals surface area contributed by atoms with Crippen LogP contribution in [0.2, 0.25) is 0 Å². The normalized spacial score (nSPS) is 23.4. The fourth-order valence-corrected chi connectivity index (χ4v) is 7.95. The lowest BCUT2D eigenvalue weighted by Gasteiger charge is -2.44. The molecule has 4 rings (SSSR count). The summed E-state index contributed by atoms with van der Waals surface area (Å²) in [5, 5.41) is 2.61. The number of hydrogen-bond donors (Lipinski definition) is 1. The van der Waals surface area contributed by atoms with E-state index in [2.05, 4.69) is 24.1 Å². The molecule has 0 aromatic heterocycles. The number of likely N-dealkylation sites (tertiary alicyclic amines) is 1. The van der Waals surface area contributed by atoms with Gasteiger partial charge in [0, 0.05) is 30.2 Å². The lowest BCUT2D eigenvalue weighted by atomic mass is 9.81. The zero-order valence-electron chi connectivity index (χ0n) is 25.4. The van der Waals surface area contributed by atoms with Gasteiger partial charge in [-0.25, -0.2) is 8.42 Å². The van der Waals surface area contributed by atoms with Crippen LogP contribution in [0.1, 0.15) is 80.8 Å². The van der Waals surface area contributed by atoms with Crippen molar-refractivity contribution in [2.45, 2.75) is 94.5 Å². The number of carbonyl (C=O) groups excluding carboxylic acids is 2. The van der Waals surface area contributed by atoms with Crippen molar-refractivity contribution in [1.82, 2.24) is 15.1 Å². The largest absolute Gasteiger partial charge is 0.416 e. The zero-order chi connectivity index (χ0) is 31.7. The number of nitrogens with one attached hydrogen (secondary N) is 1. The highest BCUT2D eigenvalue weighted by Gasteiger charge is 2.44. The van der Waals surface area contributed by atoms with Crippen molar-refractivity contribution in [2.24, 2.45) is 5.92 Å². The van der Waals surface area contributed by atoms with Crippen LogP contribution in [-0.2, 0) is 20.8 Å². The van der Waals surface area contributed by atoms with Gasteiger partial charge in [0.15, 0.2) is 9.84 Å². The Morgan fingerprint density at radius 3 is 2.33 bits per heavy atom. The van der Waals surface area contributed by atoms with Gasteiger partial charge >= 0.3 is 6.18 Å². The second kappa shape index (κ2) is 13.0. The molecule has 1 aliphatic carbocycles. The van der Waals surface area contributed by atoms with E-state index < -0.39 is 33.5 Å². The van der Waals surface area contributed by atoms with Crippen molar-refractivity contribution in [3.63, 3.8) is 0 Å². The molecule has 1 saturated carbocycles. The van der Waals surface area contributed by atoms with Crippen molar-refractivity contribution in [3.8, 4) is 0 Å². The minimum absolute atomic E-state index is 0.105. The highest BCUT2D eigenvalue weighted by molar-refractivity contribution is 7.91. The topological polar surface area (TPSA) is 86.8 Å². The summed E-state index contributed by atoms with van der Waals surface area (Å²) >= 11 is 0. The van der Waals surface area contributed by atoms with Gasteiger partial charge in [-0.1, -0.05) is 32.0 Å². The molecule has 1 saturated heterocycles. The van der Waals surface area contributed by atoms with Crippen molar-refractivity contribution in [2.75, 3.05) is 19.3 Å². The first-order valence-corrected chi connectivity index (χ1v) is 16.6. The van der Waals surface area contributed by atoms with E-state index in [1.807, 2.05) is 33.0 Å². The van der Waals surface area contributed by atoms with Crippen LogP contribution in [-0.4, -0.2) is 73.5 Å².